The van der Waals surface area contributed by atoms with Crippen LogP contribution < -0.4 is 15.0 Å². The van der Waals surface area contributed by atoms with Crippen molar-refractivity contribution in [1.82, 2.24) is 9.88 Å². The third-order valence-corrected chi connectivity index (χ3v) is 6.33. The number of hydrogen-bond acceptors (Lipinski definition) is 5. The summed E-state index contributed by atoms with van der Waals surface area (Å²) in [5, 5.41) is 12.1. The summed E-state index contributed by atoms with van der Waals surface area (Å²) in [7, 11) is 0. The molecule has 10 heteroatoms. The zero-order valence-corrected chi connectivity index (χ0v) is 21.2. The average molecular weight is 524 g/mol. The SMILES string of the molecule is CCOc1ccc(N2C(=O)/C(=C/c3cc(C)n(-c4ccc(Cl)c(C(=O)O)c4)c3C)C(=O)NC2=S)cc1. The molecular weight excluding hydrogens is 502 g/mol. The fourth-order valence-corrected chi connectivity index (χ4v) is 4.53. The lowest BCUT2D eigenvalue weighted by molar-refractivity contribution is -0.122. The van der Waals surface area contributed by atoms with E-state index < -0.39 is 17.8 Å². The van der Waals surface area contributed by atoms with Gasteiger partial charge in [0.25, 0.3) is 11.8 Å². The van der Waals surface area contributed by atoms with Gasteiger partial charge in [-0.1, -0.05) is 11.6 Å². The molecule has 0 saturated carbocycles. The first-order valence-electron chi connectivity index (χ1n) is 11.0. The molecular formula is C26H22ClN3O5S. The second kappa shape index (κ2) is 9.96. The van der Waals surface area contributed by atoms with E-state index in [0.717, 1.165) is 5.69 Å². The van der Waals surface area contributed by atoms with Crippen LogP contribution in [0.25, 0.3) is 11.8 Å². The predicted molar refractivity (Wildman–Crippen MR) is 141 cm³/mol. The molecule has 184 valence electrons. The lowest BCUT2D eigenvalue weighted by Crippen LogP contribution is -2.54. The smallest absolute Gasteiger partial charge is 0.337 e. The molecule has 1 aliphatic heterocycles. The standard InChI is InChI=1S/C26H22ClN3O5S/c1-4-35-19-8-5-17(6-9-19)30-24(32)21(23(31)28-26(30)36)12-16-11-14(2)29(15(16)3)18-7-10-22(27)20(13-18)25(33)34/h5-13H,4H2,1-3H3,(H,33,34)(H,28,31,36)/b21-12+. The van der Waals surface area contributed by atoms with Gasteiger partial charge >= 0.3 is 5.97 Å². The Hall–Kier alpha value is -3.95. The maximum absolute atomic E-state index is 13.4. The molecule has 0 bridgehead atoms. The zero-order valence-electron chi connectivity index (χ0n) is 19.7. The number of halogens is 1. The van der Waals surface area contributed by atoms with Crippen molar-refractivity contribution in [2.75, 3.05) is 11.5 Å². The molecule has 3 aromatic rings. The summed E-state index contributed by atoms with van der Waals surface area (Å²) in [4.78, 5) is 38.9. The molecule has 8 nitrogen and oxygen atoms in total. The van der Waals surface area contributed by atoms with Gasteiger partial charge in [-0.05, 0) is 93.2 Å². The van der Waals surface area contributed by atoms with Crippen LogP contribution in [0.5, 0.6) is 5.75 Å². The molecule has 1 aliphatic rings. The van der Waals surface area contributed by atoms with E-state index in [1.807, 2.05) is 31.4 Å². The highest BCUT2D eigenvalue weighted by Gasteiger charge is 2.34. The Balaban J connectivity index is 1.73. The van der Waals surface area contributed by atoms with Crippen LogP contribution in [0.3, 0.4) is 0 Å². The molecule has 0 spiro atoms. The molecule has 1 aromatic heterocycles. The average Bonchev–Trinajstić information content (AvgIpc) is 3.10. The third kappa shape index (κ3) is 4.62. The van der Waals surface area contributed by atoms with Gasteiger partial charge in [-0.15, -0.1) is 0 Å². The Morgan fingerprint density at radius 3 is 2.42 bits per heavy atom. The van der Waals surface area contributed by atoms with Crippen LogP contribution >= 0.6 is 23.8 Å². The van der Waals surface area contributed by atoms with Gasteiger partial charge in [-0.25, -0.2) is 4.79 Å². The Labute approximate surface area is 217 Å². The van der Waals surface area contributed by atoms with Gasteiger partial charge in [0.1, 0.15) is 11.3 Å². The van der Waals surface area contributed by atoms with E-state index >= 15 is 0 Å². The minimum absolute atomic E-state index is 0.0147. The number of anilines is 1. The molecule has 0 unspecified atom stereocenters. The van der Waals surface area contributed by atoms with Crippen molar-refractivity contribution >= 4 is 58.5 Å². The highest BCUT2D eigenvalue weighted by atomic mass is 35.5. The molecule has 0 radical (unpaired) electrons. The second-order valence-electron chi connectivity index (χ2n) is 8.02. The predicted octanol–water partition coefficient (Wildman–Crippen LogP) is 4.68. The molecule has 2 heterocycles. The first-order chi connectivity index (χ1) is 17.1. The van der Waals surface area contributed by atoms with Crippen molar-refractivity contribution in [3.8, 4) is 11.4 Å². The first-order valence-corrected chi connectivity index (χ1v) is 11.8. The number of benzene rings is 2. The number of carbonyl (C=O) groups is 3. The summed E-state index contributed by atoms with van der Waals surface area (Å²) in [6, 6.07) is 13.3. The van der Waals surface area contributed by atoms with E-state index in [9.17, 15) is 19.5 Å². The van der Waals surface area contributed by atoms with E-state index in [4.69, 9.17) is 28.6 Å². The van der Waals surface area contributed by atoms with Crippen LogP contribution in [0, 0.1) is 13.8 Å². The number of aromatic nitrogens is 1. The highest BCUT2D eigenvalue weighted by molar-refractivity contribution is 7.80. The van der Waals surface area contributed by atoms with Gasteiger partial charge in [0.15, 0.2) is 5.11 Å². The lowest BCUT2D eigenvalue weighted by Gasteiger charge is -2.29. The van der Waals surface area contributed by atoms with Crippen LogP contribution in [0.2, 0.25) is 5.02 Å². The maximum Gasteiger partial charge on any atom is 0.337 e. The van der Waals surface area contributed by atoms with Crippen LogP contribution in [-0.2, 0) is 9.59 Å². The van der Waals surface area contributed by atoms with Gasteiger partial charge in [-0.2, -0.15) is 0 Å². The van der Waals surface area contributed by atoms with Gasteiger partial charge in [-0.3, -0.25) is 19.8 Å². The minimum atomic E-state index is -1.14. The van der Waals surface area contributed by atoms with E-state index in [1.54, 1.807) is 30.3 Å². The van der Waals surface area contributed by atoms with Gasteiger partial charge < -0.3 is 14.4 Å². The number of hydrogen-bond donors (Lipinski definition) is 2. The summed E-state index contributed by atoms with van der Waals surface area (Å²) in [5.74, 6) is -1.65. The number of thiocarbonyl (C=S) groups is 1. The first kappa shape index (κ1) is 25.2. The van der Waals surface area contributed by atoms with Gasteiger partial charge in [0.05, 0.1) is 22.9 Å². The molecule has 1 fully saturated rings. The van der Waals surface area contributed by atoms with Crippen molar-refractivity contribution in [3.63, 3.8) is 0 Å². The van der Waals surface area contributed by atoms with Crippen LogP contribution in [-0.4, -0.2) is 39.2 Å². The summed E-state index contributed by atoms with van der Waals surface area (Å²) < 4.78 is 7.28. The summed E-state index contributed by atoms with van der Waals surface area (Å²) >= 11 is 11.3. The van der Waals surface area contributed by atoms with Crippen LogP contribution in [0.15, 0.2) is 54.1 Å². The molecule has 0 aliphatic carbocycles. The number of rotatable bonds is 6. The van der Waals surface area contributed by atoms with Crippen molar-refractivity contribution in [2.24, 2.45) is 0 Å². The number of amides is 2. The normalized spacial score (nSPS) is 14.8. The molecule has 0 atom stereocenters. The number of ether oxygens (including phenoxy) is 1. The molecule has 4 rings (SSSR count). The Kier molecular flexibility index (Phi) is 6.96. The fourth-order valence-electron chi connectivity index (χ4n) is 4.05. The Morgan fingerprint density at radius 1 is 1.11 bits per heavy atom. The quantitative estimate of drug-likeness (QED) is 0.276. The number of carbonyl (C=O) groups excluding carboxylic acids is 2. The number of nitrogens with one attached hydrogen (secondary N) is 1. The second-order valence-corrected chi connectivity index (χ2v) is 8.81. The largest absolute Gasteiger partial charge is 0.494 e. The summed E-state index contributed by atoms with van der Waals surface area (Å²) in [6.07, 6.45) is 1.51. The summed E-state index contributed by atoms with van der Waals surface area (Å²) in [5.41, 5.74) is 3.08. The van der Waals surface area contributed by atoms with E-state index in [-0.39, 0.29) is 21.3 Å². The van der Waals surface area contributed by atoms with Crippen LogP contribution in [0.4, 0.5) is 5.69 Å². The highest BCUT2D eigenvalue weighted by Crippen LogP contribution is 2.28. The van der Waals surface area contributed by atoms with Crippen molar-refractivity contribution in [2.45, 2.75) is 20.8 Å². The Bertz CT molecular complexity index is 1440. The number of aromatic carboxylic acids is 1. The third-order valence-electron chi connectivity index (χ3n) is 5.72. The van der Waals surface area contributed by atoms with Crippen molar-refractivity contribution < 1.29 is 24.2 Å². The molecule has 2 amide bonds. The number of carboxylic acid groups (broad SMARTS) is 1. The number of aryl methyl sites for hydroxylation is 1. The van der Waals surface area contributed by atoms with Crippen molar-refractivity contribution in [1.29, 1.82) is 0 Å². The molecule has 1 saturated heterocycles. The molecule has 2 N–H and O–H groups in total. The molecule has 2 aromatic carbocycles. The monoisotopic (exact) mass is 523 g/mol. The van der Waals surface area contributed by atoms with Crippen molar-refractivity contribution in [3.05, 3.63) is 81.6 Å². The van der Waals surface area contributed by atoms with E-state index in [0.29, 0.717) is 35.0 Å². The number of carboxylic acids is 1. The topological polar surface area (TPSA) is 101 Å². The summed E-state index contributed by atoms with van der Waals surface area (Å²) in [6.45, 7) is 6.04. The van der Waals surface area contributed by atoms with Crippen LogP contribution in [0.1, 0.15) is 34.2 Å². The fraction of sp³-hybridized carbons (Fsp3) is 0.154. The van der Waals surface area contributed by atoms with E-state index in [2.05, 4.69) is 5.32 Å². The van der Waals surface area contributed by atoms with Gasteiger partial charge in [0, 0.05) is 17.1 Å². The zero-order chi connectivity index (χ0) is 26.1. The lowest BCUT2D eigenvalue weighted by atomic mass is 10.1. The van der Waals surface area contributed by atoms with Gasteiger partial charge in [0.2, 0.25) is 0 Å². The molecule has 36 heavy (non-hydrogen) atoms. The Morgan fingerprint density at radius 2 is 1.78 bits per heavy atom. The minimum Gasteiger partial charge on any atom is -0.494 e. The number of nitrogens with zero attached hydrogens (tertiary/aromatic N) is 2. The maximum atomic E-state index is 13.4. The van der Waals surface area contributed by atoms with E-state index in [1.165, 1.54) is 23.1 Å².